The molecule has 0 aliphatic heterocycles. The molecular weight excluding hydrogens is 328 g/mol. The summed E-state index contributed by atoms with van der Waals surface area (Å²) in [7, 11) is -7.04. The minimum absolute atomic E-state index is 0.0577. The molecule has 4 rings (SSSR count). The molecule has 0 aromatic carbocycles. The van der Waals surface area contributed by atoms with E-state index in [1.54, 1.807) is 0 Å². The van der Waals surface area contributed by atoms with Crippen molar-refractivity contribution in [3.05, 3.63) is 24.3 Å². The molecule has 0 heterocycles. The summed E-state index contributed by atoms with van der Waals surface area (Å²) in [5.41, 5.74) is 0. The van der Waals surface area contributed by atoms with Crippen molar-refractivity contribution < 1.29 is 25.2 Å². The van der Waals surface area contributed by atoms with Crippen molar-refractivity contribution in [1.29, 1.82) is 0 Å². The van der Waals surface area contributed by atoms with Crippen molar-refractivity contribution in [2.45, 2.75) is 0 Å². The summed E-state index contributed by atoms with van der Waals surface area (Å²) < 4.78 is 55.1. The van der Waals surface area contributed by atoms with Crippen LogP contribution in [0.2, 0.25) is 0 Å². The fraction of sp³-hybridized carbons (Fsp3) is 0.714. The minimum Gasteiger partial charge on any atom is -0.270 e. The van der Waals surface area contributed by atoms with Gasteiger partial charge in [0.2, 0.25) is 0 Å². The van der Waals surface area contributed by atoms with Crippen LogP contribution in [0.1, 0.15) is 0 Å². The zero-order chi connectivity index (χ0) is 16.1. The van der Waals surface area contributed by atoms with Crippen LogP contribution in [0.5, 0.6) is 0 Å². The first-order valence-corrected chi connectivity index (χ1v) is 10.8. The topological polar surface area (TPSA) is 86.7 Å². The van der Waals surface area contributed by atoms with Crippen molar-refractivity contribution in [1.82, 2.24) is 0 Å². The van der Waals surface area contributed by atoms with E-state index in [1.165, 1.54) is 0 Å². The lowest BCUT2D eigenvalue weighted by atomic mass is 9.50. The Morgan fingerprint density at radius 2 is 1.00 bits per heavy atom. The lowest BCUT2D eigenvalue weighted by molar-refractivity contribution is -0.0113. The molecule has 4 aliphatic rings. The zero-order valence-corrected chi connectivity index (χ0v) is 14.1. The third-order valence-corrected chi connectivity index (χ3v) is 6.06. The Balaban J connectivity index is 1.80. The third-order valence-electron chi connectivity index (χ3n) is 4.93. The fourth-order valence-electron chi connectivity index (χ4n) is 3.95. The minimum atomic E-state index is -3.52. The van der Waals surface area contributed by atoms with Gasteiger partial charge < -0.3 is 0 Å². The van der Waals surface area contributed by atoms with Gasteiger partial charge in [0.25, 0.3) is 20.2 Å². The van der Waals surface area contributed by atoms with E-state index in [0.717, 1.165) is 12.5 Å². The van der Waals surface area contributed by atoms with Gasteiger partial charge in [0.05, 0.1) is 25.7 Å². The van der Waals surface area contributed by atoms with Gasteiger partial charge in [-0.1, -0.05) is 24.3 Å². The summed E-state index contributed by atoms with van der Waals surface area (Å²) in [6.07, 6.45) is 10.6. The lowest BCUT2D eigenvalue weighted by Crippen LogP contribution is -2.52. The molecule has 8 heteroatoms. The quantitative estimate of drug-likeness (QED) is 0.521. The van der Waals surface area contributed by atoms with Crippen LogP contribution < -0.4 is 0 Å². The van der Waals surface area contributed by atoms with Crippen LogP contribution in [0.25, 0.3) is 0 Å². The van der Waals surface area contributed by atoms with Crippen molar-refractivity contribution in [3.8, 4) is 0 Å². The first kappa shape index (κ1) is 16.2. The maximum atomic E-state index is 11.3. The highest BCUT2D eigenvalue weighted by Gasteiger charge is 2.52. The van der Waals surface area contributed by atoms with Gasteiger partial charge in [0.1, 0.15) is 0 Å². The molecule has 6 atom stereocenters. The van der Waals surface area contributed by atoms with Gasteiger partial charge in [-0.25, -0.2) is 0 Å². The summed E-state index contributed by atoms with van der Waals surface area (Å²) >= 11 is 0. The zero-order valence-electron chi connectivity index (χ0n) is 12.5. The van der Waals surface area contributed by atoms with E-state index in [4.69, 9.17) is 8.37 Å². The Hall–Kier alpha value is -0.700. The molecule has 0 aromatic heterocycles. The molecule has 0 radical (unpaired) electrons. The molecule has 0 aromatic rings. The Bertz CT molecular complexity index is 646. The highest BCUT2D eigenvalue weighted by Crippen LogP contribution is 2.56. The van der Waals surface area contributed by atoms with Crippen molar-refractivity contribution in [2.75, 3.05) is 25.7 Å². The van der Waals surface area contributed by atoms with Crippen LogP contribution in [0, 0.1) is 35.5 Å². The number of allylic oxidation sites excluding steroid dienone is 4. The summed E-state index contributed by atoms with van der Waals surface area (Å²) in [4.78, 5) is 0. The molecule has 4 aliphatic carbocycles. The lowest BCUT2D eigenvalue weighted by Gasteiger charge is -2.55. The van der Waals surface area contributed by atoms with Gasteiger partial charge in [-0.2, -0.15) is 16.8 Å². The van der Waals surface area contributed by atoms with Gasteiger partial charge >= 0.3 is 0 Å². The van der Waals surface area contributed by atoms with E-state index in [-0.39, 0.29) is 36.9 Å². The molecule has 0 amide bonds. The van der Waals surface area contributed by atoms with Crippen molar-refractivity contribution in [3.63, 3.8) is 0 Å². The Morgan fingerprint density at radius 1 is 0.682 bits per heavy atom. The molecule has 2 bridgehead atoms. The fourth-order valence-corrected chi connectivity index (χ4v) is 4.76. The first-order chi connectivity index (χ1) is 10.2. The highest BCUT2D eigenvalue weighted by atomic mass is 32.2. The number of rotatable bonds is 6. The van der Waals surface area contributed by atoms with E-state index >= 15 is 0 Å². The van der Waals surface area contributed by atoms with Crippen LogP contribution in [0.3, 0.4) is 0 Å². The van der Waals surface area contributed by atoms with E-state index in [0.29, 0.717) is 11.8 Å². The maximum absolute atomic E-state index is 11.3. The average molecular weight is 348 g/mol. The summed E-state index contributed by atoms with van der Waals surface area (Å²) in [5.74, 6) is 1.04. The Morgan fingerprint density at radius 3 is 1.27 bits per heavy atom. The molecule has 0 spiro atoms. The Kier molecular flexibility index (Phi) is 3.99. The number of fused-ring (bicyclic) bond motifs is 1. The van der Waals surface area contributed by atoms with Crippen molar-refractivity contribution >= 4 is 20.2 Å². The predicted molar refractivity (Wildman–Crippen MR) is 80.8 cm³/mol. The van der Waals surface area contributed by atoms with Gasteiger partial charge in [0, 0.05) is 0 Å². The standard InChI is InChI=1S/C14H20O6S2/c1-21(15,16)19-7-13-11-5-6-12(10-4-3-9(10)11)14(13)8-20-22(2,17)18/h3-6,9-14H,7-8H2,1-2H3/t9-,10-,11-,12+,13-,14-/m0/s1. The molecule has 0 unspecified atom stereocenters. The van der Waals surface area contributed by atoms with Crippen LogP contribution in [0.4, 0.5) is 0 Å². The molecule has 1 saturated carbocycles. The Labute approximate surface area is 131 Å². The van der Waals surface area contributed by atoms with Crippen LogP contribution in [0.15, 0.2) is 24.3 Å². The van der Waals surface area contributed by atoms with Crippen LogP contribution in [-0.2, 0) is 28.6 Å². The summed E-state index contributed by atoms with van der Waals surface area (Å²) in [6.45, 7) is 0.137. The molecule has 22 heavy (non-hydrogen) atoms. The largest absolute Gasteiger partial charge is 0.270 e. The van der Waals surface area contributed by atoms with Gasteiger partial charge in [0.15, 0.2) is 0 Å². The van der Waals surface area contributed by atoms with Crippen molar-refractivity contribution in [2.24, 2.45) is 35.5 Å². The number of hydrogen-bond donors (Lipinski definition) is 0. The third kappa shape index (κ3) is 3.15. The monoisotopic (exact) mass is 348 g/mol. The first-order valence-electron chi connectivity index (χ1n) is 7.21. The second kappa shape index (κ2) is 5.43. The van der Waals surface area contributed by atoms with E-state index < -0.39 is 20.2 Å². The maximum Gasteiger partial charge on any atom is 0.264 e. The molecule has 124 valence electrons. The number of hydrogen-bond acceptors (Lipinski definition) is 6. The molecule has 1 fully saturated rings. The van der Waals surface area contributed by atoms with E-state index in [9.17, 15) is 16.8 Å². The van der Waals surface area contributed by atoms with Crippen LogP contribution in [-0.4, -0.2) is 42.6 Å². The van der Waals surface area contributed by atoms with Gasteiger partial charge in [-0.15, -0.1) is 0 Å². The van der Waals surface area contributed by atoms with E-state index in [1.807, 2.05) is 0 Å². The SMILES string of the molecule is CS(=O)(=O)OC[C@H]1[C@@H]2C=C[C@@H]([C@H]3C=C[C@@H]32)[C@@H]1COS(C)(=O)=O. The second-order valence-electron chi connectivity index (χ2n) is 6.38. The summed E-state index contributed by atoms with van der Waals surface area (Å²) in [5, 5.41) is 0. The normalized spacial score (nSPS) is 39.5. The molecule has 0 saturated heterocycles. The highest BCUT2D eigenvalue weighted by molar-refractivity contribution is 7.86. The average Bonchev–Trinajstić information content (AvgIpc) is 2.32. The molecular formula is C14H20O6S2. The smallest absolute Gasteiger partial charge is 0.264 e. The second-order valence-corrected chi connectivity index (χ2v) is 9.67. The van der Waals surface area contributed by atoms with Crippen LogP contribution >= 0.6 is 0 Å². The predicted octanol–water partition coefficient (Wildman–Crippen LogP) is 0.789. The van der Waals surface area contributed by atoms with Gasteiger partial charge in [-0.3, -0.25) is 8.37 Å². The molecule has 6 nitrogen and oxygen atoms in total. The van der Waals surface area contributed by atoms with Gasteiger partial charge in [-0.05, 0) is 35.5 Å². The van der Waals surface area contributed by atoms with E-state index in [2.05, 4.69) is 24.3 Å². The summed E-state index contributed by atoms with van der Waals surface area (Å²) in [6, 6.07) is 0. The molecule has 0 N–H and O–H groups in total.